The summed E-state index contributed by atoms with van der Waals surface area (Å²) >= 11 is 3.79. The molecule has 0 radical (unpaired) electrons. The highest BCUT2D eigenvalue weighted by molar-refractivity contribution is 7.80. The van der Waals surface area contributed by atoms with E-state index in [1.54, 1.807) is 0 Å². The maximum absolute atomic E-state index is 12.8. The van der Waals surface area contributed by atoms with Crippen molar-refractivity contribution in [1.29, 1.82) is 0 Å². The topological polar surface area (TPSA) is 60.7 Å². The van der Waals surface area contributed by atoms with Gasteiger partial charge in [-0.25, -0.2) is 4.39 Å². The summed E-state index contributed by atoms with van der Waals surface area (Å²) in [7, 11) is 0. The van der Waals surface area contributed by atoms with E-state index in [1.807, 2.05) is 0 Å². The molecule has 0 aliphatic rings. The third-order valence-corrected chi connectivity index (χ3v) is 2.17. The number of hydrogen-bond acceptors (Lipinski definition) is 4. The lowest BCUT2D eigenvalue weighted by Gasteiger charge is -2.16. The molecular weight excluding hydrogens is 207 g/mol. The van der Waals surface area contributed by atoms with E-state index in [0.717, 1.165) is 12.1 Å². The number of phenolic OH excluding ortho intramolecular Hbond substituents is 1. The van der Waals surface area contributed by atoms with E-state index in [1.165, 1.54) is 6.07 Å². The molecule has 0 aliphatic heterocycles. The van der Waals surface area contributed by atoms with E-state index >= 15 is 0 Å². The zero-order valence-corrected chi connectivity index (χ0v) is 8.16. The second-order valence-corrected chi connectivity index (χ2v) is 3.30. The van der Waals surface area contributed by atoms with Gasteiger partial charge in [0.15, 0.2) is 0 Å². The molecule has 5 heteroatoms. The minimum absolute atomic E-state index is 0.0540. The molecule has 0 heterocycles. The quantitative estimate of drug-likeness (QED) is 0.569. The number of aliphatic hydroxyl groups excluding tert-OH is 2. The van der Waals surface area contributed by atoms with Crippen molar-refractivity contribution in [2.75, 3.05) is 5.75 Å². The zero-order chi connectivity index (χ0) is 10.7. The number of halogens is 1. The van der Waals surface area contributed by atoms with Crippen LogP contribution in [0.25, 0.3) is 0 Å². The van der Waals surface area contributed by atoms with Crippen LogP contribution in [0.4, 0.5) is 4.39 Å². The van der Waals surface area contributed by atoms with E-state index in [4.69, 9.17) is 5.11 Å². The van der Waals surface area contributed by atoms with E-state index in [-0.39, 0.29) is 17.1 Å². The SMILES string of the molecule is Oc1cc(F)cc(C(O)C(O)CS)c1. The molecule has 0 saturated heterocycles. The van der Waals surface area contributed by atoms with Crippen molar-refractivity contribution >= 4 is 12.6 Å². The standard InChI is InChI=1S/C9H11FO3S/c10-6-1-5(2-7(11)3-6)9(13)8(12)4-14/h1-3,8-9,11-14H,4H2. The minimum Gasteiger partial charge on any atom is -0.508 e. The molecular formula is C9H11FO3S. The summed E-state index contributed by atoms with van der Waals surface area (Å²) in [5, 5.41) is 27.7. The van der Waals surface area contributed by atoms with Crippen LogP contribution >= 0.6 is 12.6 Å². The van der Waals surface area contributed by atoms with Crippen LogP contribution < -0.4 is 0 Å². The molecule has 1 aromatic rings. The summed E-state index contributed by atoms with van der Waals surface area (Å²) in [4.78, 5) is 0. The second kappa shape index (κ2) is 4.63. The lowest BCUT2D eigenvalue weighted by Crippen LogP contribution is -2.19. The van der Waals surface area contributed by atoms with Gasteiger partial charge in [0, 0.05) is 11.8 Å². The Morgan fingerprint density at radius 1 is 1.29 bits per heavy atom. The first-order valence-corrected chi connectivity index (χ1v) is 4.64. The van der Waals surface area contributed by atoms with Gasteiger partial charge in [0.1, 0.15) is 17.7 Å². The monoisotopic (exact) mass is 218 g/mol. The molecule has 0 amide bonds. The number of rotatable bonds is 3. The fourth-order valence-electron chi connectivity index (χ4n) is 1.09. The maximum Gasteiger partial charge on any atom is 0.127 e. The number of thiol groups is 1. The molecule has 0 aromatic heterocycles. The Labute approximate surface area is 86.2 Å². The summed E-state index contributed by atoms with van der Waals surface area (Å²) in [6.07, 6.45) is -2.33. The predicted molar refractivity (Wildman–Crippen MR) is 52.9 cm³/mol. The Morgan fingerprint density at radius 2 is 1.93 bits per heavy atom. The van der Waals surface area contributed by atoms with E-state index in [0.29, 0.717) is 0 Å². The van der Waals surface area contributed by atoms with Crippen molar-refractivity contribution in [3.63, 3.8) is 0 Å². The summed E-state index contributed by atoms with van der Waals surface area (Å²) in [6, 6.07) is 3.17. The Morgan fingerprint density at radius 3 is 2.43 bits per heavy atom. The summed E-state index contributed by atoms with van der Waals surface area (Å²) in [5.74, 6) is -0.894. The van der Waals surface area contributed by atoms with Gasteiger partial charge in [-0.2, -0.15) is 12.6 Å². The second-order valence-electron chi connectivity index (χ2n) is 2.94. The van der Waals surface area contributed by atoms with E-state index < -0.39 is 18.0 Å². The third kappa shape index (κ3) is 2.60. The zero-order valence-electron chi connectivity index (χ0n) is 7.26. The van der Waals surface area contributed by atoms with E-state index in [2.05, 4.69) is 12.6 Å². The number of hydrogen-bond donors (Lipinski definition) is 4. The molecule has 0 fully saturated rings. The number of phenols is 1. The van der Waals surface area contributed by atoms with Gasteiger partial charge in [-0.1, -0.05) is 0 Å². The number of aromatic hydroxyl groups is 1. The molecule has 2 unspecified atom stereocenters. The van der Waals surface area contributed by atoms with Gasteiger partial charge in [-0.3, -0.25) is 0 Å². The molecule has 0 saturated carbocycles. The highest BCUT2D eigenvalue weighted by Gasteiger charge is 2.17. The summed E-state index contributed by atoms with van der Waals surface area (Å²) in [6.45, 7) is 0. The number of aliphatic hydroxyl groups is 2. The molecule has 3 N–H and O–H groups in total. The van der Waals surface area contributed by atoms with Crippen molar-refractivity contribution in [3.8, 4) is 5.75 Å². The van der Waals surface area contributed by atoms with Crippen LogP contribution in [-0.2, 0) is 0 Å². The van der Waals surface area contributed by atoms with Crippen LogP contribution in [0, 0.1) is 5.82 Å². The van der Waals surface area contributed by atoms with Crippen molar-refractivity contribution in [2.24, 2.45) is 0 Å². The first-order chi connectivity index (χ1) is 6.54. The summed E-state index contributed by atoms with van der Waals surface area (Å²) in [5.41, 5.74) is 0.129. The Bertz CT molecular complexity index is 299. The molecule has 3 nitrogen and oxygen atoms in total. The van der Waals surface area contributed by atoms with Gasteiger partial charge >= 0.3 is 0 Å². The van der Waals surface area contributed by atoms with Crippen molar-refractivity contribution in [1.82, 2.24) is 0 Å². The van der Waals surface area contributed by atoms with Crippen LogP contribution in [0.3, 0.4) is 0 Å². The molecule has 2 atom stereocenters. The Balaban J connectivity index is 2.94. The normalized spacial score (nSPS) is 15.1. The maximum atomic E-state index is 12.8. The van der Waals surface area contributed by atoms with Gasteiger partial charge in [0.05, 0.1) is 6.10 Å². The van der Waals surface area contributed by atoms with Crippen LogP contribution in [0.5, 0.6) is 5.75 Å². The molecule has 0 bridgehead atoms. The average Bonchev–Trinajstić information content (AvgIpc) is 2.14. The molecule has 78 valence electrons. The van der Waals surface area contributed by atoms with Crippen LogP contribution in [0.2, 0.25) is 0 Å². The van der Waals surface area contributed by atoms with Crippen molar-refractivity contribution in [3.05, 3.63) is 29.6 Å². The first kappa shape index (κ1) is 11.3. The van der Waals surface area contributed by atoms with Gasteiger partial charge in [-0.05, 0) is 17.7 Å². The van der Waals surface area contributed by atoms with Gasteiger partial charge < -0.3 is 15.3 Å². The first-order valence-electron chi connectivity index (χ1n) is 4.01. The third-order valence-electron chi connectivity index (χ3n) is 1.80. The molecule has 14 heavy (non-hydrogen) atoms. The fraction of sp³-hybridized carbons (Fsp3) is 0.333. The van der Waals surface area contributed by atoms with Crippen LogP contribution in [0.15, 0.2) is 18.2 Å². The Kier molecular flexibility index (Phi) is 3.74. The van der Waals surface area contributed by atoms with Crippen molar-refractivity contribution in [2.45, 2.75) is 12.2 Å². The lowest BCUT2D eigenvalue weighted by atomic mass is 10.1. The molecule has 0 aliphatic carbocycles. The van der Waals surface area contributed by atoms with Gasteiger partial charge in [0.25, 0.3) is 0 Å². The Hall–Kier alpha value is -0.780. The minimum atomic E-state index is -1.24. The number of benzene rings is 1. The molecule has 0 spiro atoms. The van der Waals surface area contributed by atoms with E-state index in [9.17, 15) is 14.6 Å². The van der Waals surface area contributed by atoms with Crippen LogP contribution in [0.1, 0.15) is 11.7 Å². The van der Waals surface area contributed by atoms with Gasteiger partial charge in [0.2, 0.25) is 0 Å². The fourth-order valence-corrected chi connectivity index (χ4v) is 1.29. The van der Waals surface area contributed by atoms with Crippen molar-refractivity contribution < 1.29 is 19.7 Å². The average molecular weight is 218 g/mol. The summed E-state index contributed by atoms with van der Waals surface area (Å²) < 4.78 is 12.8. The molecule has 1 rings (SSSR count). The van der Waals surface area contributed by atoms with Gasteiger partial charge in [-0.15, -0.1) is 0 Å². The predicted octanol–water partition coefficient (Wildman–Crippen LogP) is 0.855. The smallest absolute Gasteiger partial charge is 0.127 e. The molecule has 1 aromatic carbocycles. The van der Waals surface area contributed by atoms with Crippen LogP contribution in [-0.4, -0.2) is 27.2 Å². The lowest BCUT2D eigenvalue weighted by molar-refractivity contribution is 0.0334. The highest BCUT2D eigenvalue weighted by Crippen LogP contribution is 2.23. The largest absolute Gasteiger partial charge is 0.508 e. The highest BCUT2D eigenvalue weighted by atomic mass is 32.1.